The lowest BCUT2D eigenvalue weighted by molar-refractivity contribution is 0.288. The molecule has 0 unspecified atom stereocenters. The smallest absolute Gasteiger partial charge is 0.122 e. The zero-order chi connectivity index (χ0) is 13.1. The van der Waals surface area contributed by atoms with E-state index in [1.165, 1.54) is 0 Å². The van der Waals surface area contributed by atoms with Gasteiger partial charge in [0.05, 0.1) is 20.3 Å². The molecule has 1 rings (SSSR count). The Labute approximate surface area is 109 Å². The van der Waals surface area contributed by atoms with Crippen molar-refractivity contribution < 1.29 is 14.6 Å². The Balaban J connectivity index is 2.03. The van der Waals surface area contributed by atoms with E-state index in [1.54, 1.807) is 7.11 Å². The quantitative estimate of drug-likeness (QED) is 0.625. The summed E-state index contributed by atoms with van der Waals surface area (Å²) in [7, 11) is 1.65. The van der Waals surface area contributed by atoms with Crippen molar-refractivity contribution in [1.29, 1.82) is 0 Å². The number of aliphatic hydroxyl groups excluding tert-OH is 1. The summed E-state index contributed by atoms with van der Waals surface area (Å²) in [6, 6.07) is 7.65. The summed E-state index contributed by atoms with van der Waals surface area (Å²) in [5, 5.41) is 11.7. The molecule has 0 radical (unpaired) electrons. The van der Waals surface area contributed by atoms with Crippen LogP contribution in [0, 0.1) is 0 Å². The van der Waals surface area contributed by atoms with Crippen LogP contribution in [-0.4, -0.2) is 38.5 Å². The van der Waals surface area contributed by atoms with E-state index in [0.29, 0.717) is 6.54 Å². The van der Waals surface area contributed by atoms with Crippen molar-refractivity contribution in [3.63, 3.8) is 0 Å². The Morgan fingerprint density at radius 1 is 1.11 bits per heavy atom. The van der Waals surface area contributed by atoms with Crippen molar-refractivity contribution in [3.05, 3.63) is 24.3 Å². The Kier molecular flexibility index (Phi) is 8.01. The van der Waals surface area contributed by atoms with Crippen LogP contribution in [-0.2, 0) is 0 Å². The maximum atomic E-state index is 8.58. The number of hydrogen-bond donors (Lipinski definition) is 2. The maximum Gasteiger partial charge on any atom is 0.122 e. The lowest BCUT2D eigenvalue weighted by atomic mass is 10.2. The van der Waals surface area contributed by atoms with Gasteiger partial charge in [-0.1, -0.05) is 6.07 Å². The first-order valence-electron chi connectivity index (χ1n) is 6.45. The summed E-state index contributed by atoms with van der Waals surface area (Å²) >= 11 is 0. The Morgan fingerprint density at radius 3 is 2.72 bits per heavy atom. The molecule has 0 spiro atoms. The highest BCUT2D eigenvalue weighted by Gasteiger charge is 1.96. The zero-order valence-electron chi connectivity index (χ0n) is 11.0. The van der Waals surface area contributed by atoms with Gasteiger partial charge in [-0.25, -0.2) is 0 Å². The van der Waals surface area contributed by atoms with Gasteiger partial charge in [0.15, 0.2) is 0 Å². The fraction of sp³-hybridized carbons (Fsp3) is 0.571. The minimum Gasteiger partial charge on any atom is -0.497 e. The number of rotatable bonds is 10. The van der Waals surface area contributed by atoms with Gasteiger partial charge in [-0.15, -0.1) is 0 Å². The van der Waals surface area contributed by atoms with E-state index < -0.39 is 0 Å². The average molecular weight is 253 g/mol. The number of methoxy groups -OCH3 is 1. The van der Waals surface area contributed by atoms with Gasteiger partial charge >= 0.3 is 0 Å². The van der Waals surface area contributed by atoms with Crippen molar-refractivity contribution in [1.82, 2.24) is 5.32 Å². The van der Waals surface area contributed by atoms with Gasteiger partial charge in [-0.2, -0.15) is 0 Å². The van der Waals surface area contributed by atoms with Crippen molar-refractivity contribution in [2.75, 3.05) is 33.4 Å². The summed E-state index contributed by atoms with van der Waals surface area (Å²) in [5.74, 6) is 1.67. The molecule has 4 nitrogen and oxygen atoms in total. The highest BCUT2D eigenvalue weighted by molar-refractivity contribution is 5.32. The molecule has 0 aliphatic rings. The second-order valence-electron chi connectivity index (χ2n) is 4.06. The Morgan fingerprint density at radius 2 is 1.94 bits per heavy atom. The summed E-state index contributed by atoms with van der Waals surface area (Å²) in [6.07, 6.45) is 3.28. The molecule has 0 aliphatic heterocycles. The predicted octanol–water partition coefficient (Wildman–Crippen LogP) is 1.83. The molecule has 18 heavy (non-hydrogen) atoms. The first kappa shape index (κ1) is 14.8. The normalized spacial score (nSPS) is 10.3. The number of nitrogens with one attached hydrogen (secondary N) is 1. The van der Waals surface area contributed by atoms with Crippen LogP contribution in [0.15, 0.2) is 24.3 Å². The summed E-state index contributed by atoms with van der Waals surface area (Å²) < 4.78 is 10.8. The molecule has 0 saturated carbocycles. The number of benzene rings is 1. The van der Waals surface area contributed by atoms with Crippen LogP contribution in [0.2, 0.25) is 0 Å². The standard InChI is InChI=1S/C14H23NO3/c1-17-13-6-5-7-14(12-13)18-11-4-2-3-8-15-9-10-16/h5-7,12,15-16H,2-4,8-11H2,1H3. The minimum absolute atomic E-state index is 0.207. The van der Waals surface area contributed by atoms with Crippen molar-refractivity contribution in [2.24, 2.45) is 0 Å². The molecule has 1 aromatic carbocycles. The van der Waals surface area contributed by atoms with Crippen molar-refractivity contribution in [2.45, 2.75) is 19.3 Å². The van der Waals surface area contributed by atoms with Crippen LogP contribution >= 0.6 is 0 Å². The molecule has 1 aromatic rings. The molecule has 0 heterocycles. The zero-order valence-corrected chi connectivity index (χ0v) is 11.0. The van der Waals surface area contributed by atoms with E-state index >= 15 is 0 Å². The van der Waals surface area contributed by atoms with Crippen LogP contribution in [0.3, 0.4) is 0 Å². The van der Waals surface area contributed by atoms with Crippen molar-refractivity contribution in [3.8, 4) is 11.5 Å². The monoisotopic (exact) mass is 253 g/mol. The van der Waals surface area contributed by atoms with Crippen LogP contribution in [0.4, 0.5) is 0 Å². The molecule has 102 valence electrons. The molecule has 0 bridgehead atoms. The molecule has 0 amide bonds. The van der Waals surface area contributed by atoms with Gasteiger partial charge < -0.3 is 19.9 Å². The number of aliphatic hydroxyl groups is 1. The molecular weight excluding hydrogens is 230 g/mol. The molecule has 0 aromatic heterocycles. The SMILES string of the molecule is COc1cccc(OCCCCCNCCO)c1. The van der Waals surface area contributed by atoms with Crippen LogP contribution in [0.1, 0.15) is 19.3 Å². The minimum atomic E-state index is 0.207. The van der Waals surface area contributed by atoms with E-state index in [2.05, 4.69) is 5.32 Å². The second-order valence-corrected chi connectivity index (χ2v) is 4.06. The van der Waals surface area contributed by atoms with Crippen LogP contribution in [0.5, 0.6) is 11.5 Å². The van der Waals surface area contributed by atoms with E-state index in [4.69, 9.17) is 14.6 Å². The van der Waals surface area contributed by atoms with Crippen LogP contribution < -0.4 is 14.8 Å². The van der Waals surface area contributed by atoms with Gasteiger partial charge in [0.1, 0.15) is 11.5 Å². The lowest BCUT2D eigenvalue weighted by Gasteiger charge is -2.07. The Hall–Kier alpha value is -1.26. The third-order valence-electron chi connectivity index (χ3n) is 2.60. The van der Waals surface area contributed by atoms with Gasteiger partial charge in [0.25, 0.3) is 0 Å². The first-order chi connectivity index (χ1) is 8.86. The fourth-order valence-electron chi connectivity index (χ4n) is 1.61. The predicted molar refractivity (Wildman–Crippen MR) is 72.3 cm³/mol. The summed E-state index contributed by atoms with van der Waals surface area (Å²) in [5.41, 5.74) is 0. The van der Waals surface area contributed by atoms with Gasteiger partial charge in [0.2, 0.25) is 0 Å². The van der Waals surface area contributed by atoms with E-state index in [9.17, 15) is 0 Å². The average Bonchev–Trinajstić information content (AvgIpc) is 2.42. The molecule has 0 aliphatic carbocycles. The molecular formula is C14H23NO3. The van der Waals surface area contributed by atoms with Crippen molar-refractivity contribution >= 4 is 0 Å². The van der Waals surface area contributed by atoms with Crippen LogP contribution in [0.25, 0.3) is 0 Å². The second kappa shape index (κ2) is 9.74. The molecule has 4 heteroatoms. The highest BCUT2D eigenvalue weighted by atomic mass is 16.5. The molecule has 0 atom stereocenters. The van der Waals surface area contributed by atoms with Gasteiger partial charge in [0, 0.05) is 12.6 Å². The lowest BCUT2D eigenvalue weighted by Crippen LogP contribution is -2.19. The van der Waals surface area contributed by atoms with Gasteiger partial charge in [-0.3, -0.25) is 0 Å². The number of ether oxygens (including phenoxy) is 2. The van der Waals surface area contributed by atoms with E-state index in [0.717, 1.165) is 43.9 Å². The maximum absolute atomic E-state index is 8.58. The largest absolute Gasteiger partial charge is 0.497 e. The summed E-state index contributed by atoms with van der Waals surface area (Å²) in [4.78, 5) is 0. The van der Waals surface area contributed by atoms with E-state index in [-0.39, 0.29) is 6.61 Å². The third kappa shape index (κ3) is 6.47. The highest BCUT2D eigenvalue weighted by Crippen LogP contribution is 2.18. The summed E-state index contributed by atoms with van der Waals surface area (Å²) in [6.45, 7) is 2.58. The van der Waals surface area contributed by atoms with Gasteiger partial charge in [-0.05, 0) is 37.9 Å². The number of unbranched alkanes of at least 4 members (excludes halogenated alkanes) is 2. The Bertz CT molecular complexity index is 318. The molecule has 0 saturated heterocycles. The first-order valence-corrected chi connectivity index (χ1v) is 6.45. The number of hydrogen-bond acceptors (Lipinski definition) is 4. The van der Waals surface area contributed by atoms with E-state index in [1.807, 2.05) is 24.3 Å². The molecule has 2 N–H and O–H groups in total. The topological polar surface area (TPSA) is 50.7 Å². The fourth-order valence-corrected chi connectivity index (χ4v) is 1.61. The molecule has 0 fully saturated rings. The third-order valence-corrected chi connectivity index (χ3v) is 2.60.